The highest BCUT2D eigenvalue weighted by atomic mass is 79.9. The molecule has 0 spiro atoms. The van der Waals surface area contributed by atoms with Crippen molar-refractivity contribution in [3.63, 3.8) is 0 Å². The summed E-state index contributed by atoms with van der Waals surface area (Å²) in [7, 11) is 1.71. The van der Waals surface area contributed by atoms with Crippen LogP contribution in [0.4, 0.5) is 10.3 Å². The Hall–Kier alpha value is -1.21. The van der Waals surface area contributed by atoms with Gasteiger partial charge in [0.1, 0.15) is 11.6 Å². The molecule has 7 heteroatoms. The van der Waals surface area contributed by atoms with Crippen LogP contribution in [0.15, 0.2) is 33.3 Å². The predicted octanol–water partition coefficient (Wildman–Crippen LogP) is 3.97. The summed E-state index contributed by atoms with van der Waals surface area (Å²) in [5.41, 5.74) is 0. The lowest BCUT2D eigenvalue weighted by Gasteiger charge is -2.08. The van der Waals surface area contributed by atoms with E-state index in [4.69, 9.17) is 4.74 Å². The second-order valence-corrected chi connectivity index (χ2v) is 4.98. The summed E-state index contributed by atoms with van der Waals surface area (Å²) in [5.74, 6) is 0.923. The molecular formula is C11H8Br2FN3O. The van der Waals surface area contributed by atoms with Crippen molar-refractivity contribution in [1.82, 2.24) is 9.97 Å². The minimum absolute atomic E-state index is 0.332. The maximum absolute atomic E-state index is 13.1. The van der Waals surface area contributed by atoms with Crippen LogP contribution in [-0.4, -0.2) is 17.0 Å². The number of benzene rings is 1. The van der Waals surface area contributed by atoms with Gasteiger partial charge in [-0.15, -0.1) is 0 Å². The molecule has 0 aliphatic carbocycles. The zero-order valence-electron chi connectivity index (χ0n) is 9.25. The number of rotatable bonds is 3. The summed E-state index contributed by atoms with van der Waals surface area (Å²) in [6, 6.07) is 4.37. The molecule has 1 heterocycles. The number of nitrogens with one attached hydrogen (secondary N) is 1. The molecule has 0 saturated carbocycles. The predicted molar refractivity (Wildman–Crippen MR) is 73.5 cm³/mol. The van der Waals surface area contributed by atoms with Gasteiger partial charge in [-0.3, -0.25) is 0 Å². The van der Waals surface area contributed by atoms with Gasteiger partial charge in [0.2, 0.25) is 11.8 Å². The van der Waals surface area contributed by atoms with Crippen molar-refractivity contribution in [3.8, 4) is 11.6 Å². The summed E-state index contributed by atoms with van der Waals surface area (Å²) in [5, 5.41) is 2.81. The number of aromatic nitrogens is 2. The molecule has 94 valence electrons. The highest BCUT2D eigenvalue weighted by molar-refractivity contribution is 9.10. The Balaban J connectivity index is 2.30. The van der Waals surface area contributed by atoms with Crippen LogP contribution >= 0.6 is 31.9 Å². The van der Waals surface area contributed by atoms with Crippen LogP contribution in [-0.2, 0) is 0 Å². The van der Waals surface area contributed by atoms with Crippen molar-refractivity contribution >= 4 is 37.8 Å². The minimum atomic E-state index is -0.347. The van der Waals surface area contributed by atoms with Crippen LogP contribution in [0.1, 0.15) is 0 Å². The zero-order chi connectivity index (χ0) is 13.1. The van der Waals surface area contributed by atoms with E-state index in [9.17, 15) is 4.39 Å². The Bertz CT molecular complexity index is 580. The average molecular weight is 377 g/mol. The second-order valence-electron chi connectivity index (χ2n) is 3.27. The van der Waals surface area contributed by atoms with Crippen LogP contribution < -0.4 is 10.1 Å². The minimum Gasteiger partial charge on any atom is -0.438 e. The van der Waals surface area contributed by atoms with Gasteiger partial charge in [0.05, 0.1) is 15.1 Å². The van der Waals surface area contributed by atoms with Crippen LogP contribution in [0, 0.1) is 5.82 Å². The molecule has 0 saturated heterocycles. The van der Waals surface area contributed by atoms with Crippen molar-refractivity contribution in [1.29, 1.82) is 0 Å². The number of hydrogen-bond acceptors (Lipinski definition) is 4. The summed E-state index contributed by atoms with van der Waals surface area (Å²) in [6.45, 7) is 0. The Morgan fingerprint density at radius 2 is 2.06 bits per heavy atom. The van der Waals surface area contributed by atoms with Crippen LogP contribution in [0.3, 0.4) is 0 Å². The monoisotopic (exact) mass is 375 g/mol. The maximum atomic E-state index is 13.1. The Morgan fingerprint density at radius 1 is 1.28 bits per heavy atom. The van der Waals surface area contributed by atoms with Crippen molar-refractivity contribution in [2.24, 2.45) is 0 Å². The molecule has 0 radical (unpaired) electrons. The quantitative estimate of drug-likeness (QED) is 0.880. The third kappa shape index (κ3) is 2.97. The van der Waals surface area contributed by atoms with Gasteiger partial charge in [0, 0.05) is 7.05 Å². The van der Waals surface area contributed by atoms with Gasteiger partial charge < -0.3 is 10.1 Å². The van der Waals surface area contributed by atoms with Gasteiger partial charge in [-0.05, 0) is 50.1 Å². The van der Waals surface area contributed by atoms with E-state index in [1.807, 2.05) is 0 Å². The average Bonchev–Trinajstić information content (AvgIpc) is 2.36. The van der Waals surface area contributed by atoms with E-state index in [-0.39, 0.29) is 5.82 Å². The fourth-order valence-electron chi connectivity index (χ4n) is 1.20. The molecule has 0 bridgehead atoms. The van der Waals surface area contributed by atoms with E-state index >= 15 is 0 Å². The highest BCUT2D eigenvalue weighted by Gasteiger charge is 2.08. The van der Waals surface area contributed by atoms with E-state index in [1.165, 1.54) is 18.2 Å². The number of nitrogens with zero attached hydrogens (tertiary/aromatic N) is 2. The molecule has 1 aromatic carbocycles. The smallest absolute Gasteiger partial charge is 0.238 e. The third-order valence-corrected chi connectivity index (χ3v) is 3.19. The first-order valence-corrected chi connectivity index (χ1v) is 6.52. The van der Waals surface area contributed by atoms with Crippen molar-refractivity contribution in [2.75, 3.05) is 12.4 Å². The molecular weight excluding hydrogens is 369 g/mol. The van der Waals surface area contributed by atoms with E-state index in [0.29, 0.717) is 26.5 Å². The van der Waals surface area contributed by atoms with E-state index in [2.05, 4.69) is 47.1 Å². The molecule has 18 heavy (non-hydrogen) atoms. The SMILES string of the molecule is CNc1ncc(Br)c(Oc2ccc(F)c(Br)c2)n1. The zero-order valence-corrected chi connectivity index (χ0v) is 12.4. The largest absolute Gasteiger partial charge is 0.438 e. The first-order chi connectivity index (χ1) is 8.60. The third-order valence-electron chi connectivity index (χ3n) is 2.04. The van der Waals surface area contributed by atoms with Gasteiger partial charge in [-0.25, -0.2) is 9.37 Å². The van der Waals surface area contributed by atoms with Crippen molar-refractivity contribution < 1.29 is 9.13 Å². The van der Waals surface area contributed by atoms with Gasteiger partial charge in [-0.2, -0.15) is 4.98 Å². The van der Waals surface area contributed by atoms with Crippen LogP contribution in [0.5, 0.6) is 11.6 Å². The van der Waals surface area contributed by atoms with Gasteiger partial charge >= 0.3 is 0 Å². The standard InChI is InChI=1S/C11H8Br2FN3O/c1-15-11-16-5-8(13)10(17-11)18-6-2-3-9(14)7(12)4-6/h2-5H,1H3,(H,15,16,17). The lowest BCUT2D eigenvalue weighted by molar-refractivity contribution is 0.457. The fraction of sp³-hybridized carbons (Fsp3) is 0.0909. The lowest BCUT2D eigenvalue weighted by Crippen LogP contribution is -1.98. The first kappa shape index (κ1) is 13.2. The topological polar surface area (TPSA) is 47.0 Å². The number of anilines is 1. The van der Waals surface area contributed by atoms with E-state index < -0.39 is 0 Å². The molecule has 0 unspecified atom stereocenters. The van der Waals surface area contributed by atoms with Crippen molar-refractivity contribution in [2.45, 2.75) is 0 Å². The molecule has 0 atom stereocenters. The number of hydrogen-bond donors (Lipinski definition) is 1. The molecule has 0 amide bonds. The van der Waals surface area contributed by atoms with E-state index in [0.717, 1.165) is 0 Å². The molecule has 1 aromatic heterocycles. The summed E-state index contributed by atoms with van der Waals surface area (Å²) in [6.07, 6.45) is 1.58. The second kappa shape index (κ2) is 5.62. The summed E-state index contributed by atoms with van der Waals surface area (Å²) >= 11 is 6.38. The maximum Gasteiger partial charge on any atom is 0.238 e. The first-order valence-electron chi connectivity index (χ1n) is 4.93. The van der Waals surface area contributed by atoms with Gasteiger partial charge in [0.25, 0.3) is 0 Å². The van der Waals surface area contributed by atoms with Crippen LogP contribution in [0.25, 0.3) is 0 Å². The van der Waals surface area contributed by atoms with Crippen molar-refractivity contribution in [3.05, 3.63) is 39.2 Å². The molecule has 2 aromatic rings. The number of ether oxygens (including phenoxy) is 1. The molecule has 1 N–H and O–H groups in total. The molecule has 0 aliphatic heterocycles. The van der Waals surface area contributed by atoms with Crippen LogP contribution in [0.2, 0.25) is 0 Å². The molecule has 2 rings (SSSR count). The Morgan fingerprint density at radius 3 is 2.72 bits per heavy atom. The highest BCUT2D eigenvalue weighted by Crippen LogP contribution is 2.30. The molecule has 0 aliphatic rings. The van der Waals surface area contributed by atoms with Gasteiger partial charge in [-0.1, -0.05) is 0 Å². The van der Waals surface area contributed by atoms with Gasteiger partial charge in [0.15, 0.2) is 0 Å². The summed E-state index contributed by atoms with van der Waals surface area (Å²) in [4.78, 5) is 8.15. The Kier molecular flexibility index (Phi) is 4.13. The lowest BCUT2D eigenvalue weighted by atomic mass is 10.3. The molecule has 0 fully saturated rings. The van der Waals surface area contributed by atoms with E-state index in [1.54, 1.807) is 13.2 Å². The number of halogens is 3. The molecule has 4 nitrogen and oxygen atoms in total. The summed E-state index contributed by atoms with van der Waals surface area (Å²) < 4.78 is 19.6. The Labute approximate surface area is 120 Å². The fourth-order valence-corrected chi connectivity index (χ4v) is 1.83. The normalized spacial score (nSPS) is 10.2.